The number of likely N-dealkylation sites (tertiary alicyclic amines) is 1. The molecule has 0 spiro atoms. The van der Waals surface area contributed by atoms with Gasteiger partial charge in [0.05, 0.1) is 23.7 Å². The van der Waals surface area contributed by atoms with E-state index in [1.165, 1.54) is 18.4 Å². The number of hydrogen-bond acceptors (Lipinski definition) is 6. The Morgan fingerprint density at radius 1 is 1.26 bits per heavy atom. The highest BCUT2D eigenvalue weighted by Crippen LogP contribution is 2.43. The molecule has 8 heteroatoms. The monoisotopic (exact) mass is 462 g/mol. The average molecular weight is 463 g/mol. The Kier molecular flexibility index (Phi) is 7.41. The largest absolute Gasteiger partial charge is 0.507 e. The van der Waals surface area contributed by atoms with Crippen LogP contribution in [-0.4, -0.2) is 59.9 Å². The number of hydrogen-bond donors (Lipinski definition) is 1. The fourth-order valence-corrected chi connectivity index (χ4v) is 5.04. The summed E-state index contributed by atoms with van der Waals surface area (Å²) in [5, 5.41) is 13.5. The average Bonchev–Trinajstić information content (AvgIpc) is 3.29. The Bertz CT molecular complexity index is 1010. The number of halogens is 1. The van der Waals surface area contributed by atoms with Crippen LogP contribution in [0, 0.1) is 6.92 Å². The number of carbonyl (C=O) groups is 2. The van der Waals surface area contributed by atoms with E-state index >= 15 is 0 Å². The second-order valence-corrected chi connectivity index (χ2v) is 8.69. The number of Topliss-reactive ketones (excluding diaryl/α,β-unsaturated/α-hetero) is 1. The molecule has 0 radical (unpaired) electrons. The third-order valence-electron chi connectivity index (χ3n) is 5.67. The zero-order chi connectivity index (χ0) is 22.7. The summed E-state index contributed by atoms with van der Waals surface area (Å²) in [5.41, 5.74) is 1.45. The maximum atomic E-state index is 13.1. The molecule has 31 heavy (non-hydrogen) atoms. The Morgan fingerprint density at radius 2 is 1.97 bits per heavy atom. The number of carbonyl (C=O) groups excluding carboxylic acids is 2. The first kappa shape index (κ1) is 23.3. The lowest BCUT2D eigenvalue weighted by Gasteiger charge is -2.27. The molecule has 2 aromatic rings. The maximum Gasteiger partial charge on any atom is 0.295 e. The van der Waals surface area contributed by atoms with E-state index in [1.54, 1.807) is 23.1 Å². The van der Waals surface area contributed by atoms with Crippen molar-refractivity contribution in [3.8, 4) is 5.75 Å². The van der Waals surface area contributed by atoms with Gasteiger partial charge in [-0.25, -0.2) is 0 Å². The Hall–Kier alpha value is -2.35. The van der Waals surface area contributed by atoms with Gasteiger partial charge >= 0.3 is 0 Å². The lowest BCUT2D eigenvalue weighted by Crippen LogP contribution is -2.37. The van der Waals surface area contributed by atoms with Crippen molar-refractivity contribution >= 4 is 40.4 Å². The van der Waals surface area contributed by atoms with Crippen molar-refractivity contribution in [1.82, 2.24) is 9.80 Å². The first-order valence-electron chi connectivity index (χ1n) is 10.2. The number of ether oxygens (including phenoxy) is 1. The van der Waals surface area contributed by atoms with Gasteiger partial charge in [-0.2, -0.15) is 0 Å². The summed E-state index contributed by atoms with van der Waals surface area (Å²) < 4.78 is 5.24. The number of likely N-dealkylation sites (N-methyl/N-ethyl adjacent to an activating group) is 1. The van der Waals surface area contributed by atoms with Gasteiger partial charge in [0, 0.05) is 23.5 Å². The molecule has 2 heterocycles. The molecule has 0 saturated carbocycles. The van der Waals surface area contributed by atoms with Gasteiger partial charge in [-0.15, -0.1) is 11.3 Å². The Balaban J connectivity index is 2.11. The third kappa shape index (κ3) is 4.49. The van der Waals surface area contributed by atoms with Crippen molar-refractivity contribution < 1.29 is 19.4 Å². The molecule has 1 fully saturated rings. The molecule has 1 amide bonds. The van der Waals surface area contributed by atoms with Gasteiger partial charge in [0.1, 0.15) is 11.5 Å². The number of benzene rings is 1. The summed E-state index contributed by atoms with van der Waals surface area (Å²) in [4.78, 5) is 30.7. The fourth-order valence-electron chi connectivity index (χ4n) is 3.80. The smallest absolute Gasteiger partial charge is 0.295 e. The molecule has 1 atom stereocenters. The van der Waals surface area contributed by atoms with E-state index in [1.807, 2.05) is 18.4 Å². The molecule has 1 aromatic carbocycles. The van der Waals surface area contributed by atoms with Crippen LogP contribution in [0.25, 0.3) is 5.76 Å². The van der Waals surface area contributed by atoms with Gasteiger partial charge in [0.25, 0.3) is 11.7 Å². The van der Waals surface area contributed by atoms with Crippen LogP contribution >= 0.6 is 22.9 Å². The minimum Gasteiger partial charge on any atom is -0.507 e. The van der Waals surface area contributed by atoms with E-state index in [0.717, 1.165) is 23.5 Å². The van der Waals surface area contributed by atoms with Crippen molar-refractivity contribution in [2.24, 2.45) is 0 Å². The number of aliphatic hydroxyl groups excluding tert-OH is 1. The highest BCUT2D eigenvalue weighted by molar-refractivity contribution is 7.10. The molecule has 0 bridgehead atoms. The van der Waals surface area contributed by atoms with Crippen LogP contribution in [-0.2, 0) is 9.59 Å². The second kappa shape index (κ2) is 9.85. The van der Waals surface area contributed by atoms with Crippen molar-refractivity contribution in [1.29, 1.82) is 0 Å². The molecular formula is C23H27ClN2O4S. The van der Waals surface area contributed by atoms with E-state index in [0.29, 0.717) is 29.4 Å². The molecule has 1 unspecified atom stereocenters. The van der Waals surface area contributed by atoms with Crippen LogP contribution in [0.2, 0.25) is 5.02 Å². The second-order valence-electron chi connectivity index (χ2n) is 7.34. The zero-order valence-electron chi connectivity index (χ0n) is 18.1. The number of aliphatic hydroxyl groups is 1. The molecule has 1 aliphatic heterocycles. The predicted octanol–water partition coefficient (Wildman–Crippen LogP) is 4.48. The van der Waals surface area contributed by atoms with Crippen LogP contribution in [0.15, 0.2) is 35.2 Å². The minimum atomic E-state index is -0.677. The van der Waals surface area contributed by atoms with Gasteiger partial charge in [-0.3, -0.25) is 9.59 Å². The third-order valence-corrected chi connectivity index (χ3v) is 7.05. The van der Waals surface area contributed by atoms with Crippen LogP contribution in [0.5, 0.6) is 5.75 Å². The summed E-state index contributed by atoms with van der Waals surface area (Å²) in [6, 6.07) is 6.10. The molecule has 166 valence electrons. The molecule has 1 N–H and O–H groups in total. The van der Waals surface area contributed by atoms with Crippen LogP contribution in [0.4, 0.5) is 0 Å². The SMILES string of the molecule is CCN(CC)CCN1C(=O)C(=O)/C(=C(\O)c2ccc(Cl)c(OC)c2)C1c1sccc1C. The van der Waals surface area contributed by atoms with Crippen molar-refractivity contribution in [2.45, 2.75) is 26.8 Å². The van der Waals surface area contributed by atoms with Gasteiger partial charge in [0.2, 0.25) is 0 Å². The standard InChI is InChI=1S/C23H27ClN2O4S/c1-5-25(6-2)10-11-26-19(22-14(3)9-12-31-22)18(21(28)23(26)29)20(27)15-7-8-16(24)17(13-15)30-4/h7-9,12-13,19,27H,5-6,10-11H2,1-4H3/b20-18-. The van der Waals surface area contributed by atoms with Gasteiger partial charge in [0.15, 0.2) is 0 Å². The lowest BCUT2D eigenvalue weighted by atomic mass is 9.98. The fraction of sp³-hybridized carbons (Fsp3) is 0.391. The van der Waals surface area contributed by atoms with Crippen molar-refractivity contribution in [3.05, 3.63) is 56.2 Å². The van der Waals surface area contributed by atoms with Crippen molar-refractivity contribution in [2.75, 3.05) is 33.3 Å². The number of amides is 1. The number of nitrogens with zero attached hydrogens (tertiary/aromatic N) is 2. The Morgan fingerprint density at radius 3 is 2.55 bits per heavy atom. The molecule has 1 aromatic heterocycles. The number of methoxy groups -OCH3 is 1. The van der Waals surface area contributed by atoms with Gasteiger partial charge in [-0.05, 0) is 55.2 Å². The van der Waals surface area contributed by atoms with Crippen LogP contribution in [0.3, 0.4) is 0 Å². The van der Waals surface area contributed by atoms with Crippen LogP contribution < -0.4 is 4.74 Å². The van der Waals surface area contributed by atoms with Gasteiger partial charge < -0.3 is 19.6 Å². The zero-order valence-corrected chi connectivity index (χ0v) is 19.7. The van der Waals surface area contributed by atoms with E-state index in [4.69, 9.17) is 16.3 Å². The van der Waals surface area contributed by atoms with Crippen molar-refractivity contribution in [3.63, 3.8) is 0 Å². The first-order valence-corrected chi connectivity index (χ1v) is 11.5. The molecule has 1 saturated heterocycles. The highest BCUT2D eigenvalue weighted by atomic mass is 35.5. The minimum absolute atomic E-state index is 0.0967. The van der Waals surface area contributed by atoms with Crippen LogP contribution in [0.1, 0.15) is 35.9 Å². The first-order chi connectivity index (χ1) is 14.8. The Labute approximate surface area is 191 Å². The number of aryl methyl sites for hydroxylation is 1. The highest BCUT2D eigenvalue weighted by Gasteiger charge is 2.47. The topological polar surface area (TPSA) is 70.1 Å². The lowest BCUT2D eigenvalue weighted by molar-refractivity contribution is -0.140. The van der Waals surface area contributed by atoms with Gasteiger partial charge in [-0.1, -0.05) is 25.4 Å². The normalized spacial score (nSPS) is 18.3. The van der Waals surface area contributed by atoms with E-state index in [2.05, 4.69) is 18.7 Å². The maximum absolute atomic E-state index is 13.1. The number of rotatable bonds is 8. The molecule has 1 aliphatic rings. The number of ketones is 1. The summed E-state index contributed by atoms with van der Waals surface area (Å²) in [7, 11) is 1.48. The quantitative estimate of drug-likeness (QED) is 0.356. The van der Waals surface area contributed by atoms with E-state index in [-0.39, 0.29) is 11.3 Å². The van der Waals surface area contributed by atoms with E-state index < -0.39 is 17.7 Å². The summed E-state index contributed by atoms with van der Waals surface area (Å²) in [6.07, 6.45) is 0. The number of thiophene rings is 1. The molecule has 3 rings (SSSR count). The molecule has 0 aliphatic carbocycles. The summed E-state index contributed by atoms with van der Waals surface area (Å²) in [6.45, 7) is 8.83. The molecular weight excluding hydrogens is 436 g/mol. The van der Waals surface area contributed by atoms with E-state index in [9.17, 15) is 14.7 Å². The molecule has 6 nitrogen and oxygen atoms in total. The predicted molar refractivity (Wildman–Crippen MR) is 124 cm³/mol. The summed E-state index contributed by atoms with van der Waals surface area (Å²) in [5.74, 6) is -1.11. The summed E-state index contributed by atoms with van der Waals surface area (Å²) >= 11 is 7.59.